The van der Waals surface area contributed by atoms with Crippen molar-refractivity contribution < 1.29 is 13.9 Å². The van der Waals surface area contributed by atoms with Gasteiger partial charge in [0.25, 0.3) is 0 Å². The number of likely N-dealkylation sites (N-methyl/N-ethyl adjacent to an activating group) is 1. The van der Waals surface area contributed by atoms with Crippen LogP contribution in [0.3, 0.4) is 0 Å². The Balaban J connectivity index is 1.22. The van der Waals surface area contributed by atoms with Crippen molar-refractivity contribution >= 4 is 29.0 Å². The summed E-state index contributed by atoms with van der Waals surface area (Å²) in [4.78, 5) is 29.0. The van der Waals surface area contributed by atoms with Crippen molar-refractivity contribution in [1.29, 1.82) is 0 Å². The molecule has 1 aromatic carbocycles. The van der Waals surface area contributed by atoms with Gasteiger partial charge in [0.2, 0.25) is 23.6 Å². The van der Waals surface area contributed by atoms with Gasteiger partial charge in [0, 0.05) is 43.8 Å². The van der Waals surface area contributed by atoms with Crippen molar-refractivity contribution in [3.63, 3.8) is 0 Å². The van der Waals surface area contributed by atoms with Crippen LogP contribution < -0.4 is 25.2 Å². The molecule has 42 heavy (non-hydrogen) atoms. The molecule has 2 fully saturated rings. The Hall–Kier alpha value is -3.77. The van der Waals surface area contributed by atoms with E-state index in [0.29, 0.717) is 53.8 Å². The van der Waals surface area contributed by atoms with Gasteiger partial charge in [-0.15, -0.1) is 10.2 Å². The lowest BCUT2D eigenvalue weighted by Gasteiger charge is -2.43. The van der Waals surface area contributed by atoms with E-state index in [2.05, 4.69) is 56.4 Å². The molecule has 1 amide bonds. The third-order valence-electron chi connectivity index (χ3n) is 8.57. The van der Waals surface area contributed by atoms with Crippen LogP contribution in [-0.2, 0) is 11.3 Å². The third kappa shape index (κ3) is 5.52. The highest BCUT2D eigenvalue weighted by molar-refractivity contribution is 6.04. The highest BCUT2D eigenvalue weighted by Crippen LogP contribution is 2.40. The molecule has 224 valence electrons. The molecule has 12 heteroatoms. The van der Waals surface area contributed by atoms with Crippen LogP contribution in [-0.4, -0.2) is 82.4 Å². The van der Waals surface area contributed by atoms with Crippen molar-refractivity contribution in [3.05, 3.63) is 30.3 Å². The SMILES string of the molecule is CC[C@@H]1C(=O)N(C)c2cnc(Nc3ccc(-c4nnc(CN5C[C@@H](C)N[C@@H](C)C5)o4)cc3OC)nc2N1C1CCCC1. The first-order valence-electron chi connectivity index (χ1n) is 15.0. The highest BCUT2D eigenvalue weighted by atomic mass is 16.5. The standard InChI is InChI=1S/C30H41N9O3/c1-6-23-29(40)37(4)24-14-31-30(34-27(24)39(23)21-9-7-8-10-21)33-22-12-11-20(13-25(22)41-5)28-36-35-26(42-28)17-38-15-18(2)32-19(3)16-38/h11-14,18-19,21,23,32H,6-10,15-17H2,1-5H3,(H,31,33,34)/t18-,19+,23-/m1/s1. The summed E-state index contributed by atoms with van der Waals surface area (Å²) in [5.74, 6) is 2.98. The smallest absolute Gasteiger partial charge is 0.249 e. The minimum atomic E-state index is -0.222. The summed E-state index contributed by atoms with van der Waals surface area (Å²) in [5.41, 5.74) is 2.22. The molecule has 0 bridgehead atoms. The molecule has 1 aliphatic carbocycles. The molecular formula is C30H41N9O3. The van der Waals surface area contributed by atoms with Gasteiger partial charge in [-0.3, -0.25) is 9.69 Å². The molecule has 1 saturated carbocycles. The fraction of sp³-hybridized carbons (Fsp3) is 0.567. The summed E-state index contributed by atoms with van der Waals surface area (Å²) in [6.45, 7) is 8.93. The number of hydrogen-bond donors (Lipinski definition) is 2. The van der Waals surface area contributed by atoms with Gasteiger partial charge in [-0.25, -0.2) is 4.98 Å². The number of amides is 1. The number of anilines is 4. The van der Waals surface area contributed by atoms with E-state index in [9.17, 15) is 4.79 Å². The molecule has 2 aromatic heterocycles. The quantitative estimate of drug-likeness (QED) is 0.405. The fourth-order valence-corrected chi connectivity index (χ4v) is 6.69. The lowest BCUT2D eigenvalue weighted by Crippen LogP contribution is -2.55. The summed E-state index contributed by atoms with van der Waals surface area (Å²) < 4.78 is 11.8. The predicted molar refractivity (Wildman–Crippen MR) is 161 cm³/mol. The number of carbonyl (C=O) groups is 1. The fourth-order valence-electron chi connectivity index (χ4n) is 6.69. The van der Waals surface area contributed by atoms with Gasteiger partial charge in [0.1, 0.15) is 17.5 Å². The summed E-state index contributed by atoms with van der Waals surface area (Å²) in [6, 6.07) is 6.61. The molecule has 0 spiro atoms. The van der Waals surface area contributed by atoms with Gasteiger partial charge in [-0.05, 0) is 51.3 Å². The number of ether oxygens (including phenoxy) is 1. The van der Waals surface area contributed by atoms with Gasteiger partial charge in [-0.1, -0.05) is 19.8 Å². The zero-order valence-electron chi connectivity index (χ0n) is 25.1. The van der Waals surface area contributed by atoms with E-state index in [1.54, 1.807) is 18.2 Å². The second-order valence-corrected chi connectivity index (χ2v) is 11.8. The van der Waals surface area contributed by atoms with Crippen molar-refractivity contribution in [3.8, 4) is 17.2 Å². The zero-order valence-corrected chi connectivity index (χ0v) is 25.1. The van der Waals surface area contributed by atoms with Crippen LogP contribution in [0.4, 0.5) is 23.1 Å². The Labute approximate surface area is 246 Å². The molecule has 3 aliphatic rings. The normalized spacial score (nSPS) is 23.4. The number of nitrogens with zero attached hydrogens (tertiary/aromatic N) is 7. The van der Waals surface area contributed by atoms with Crippen LogP contribution in [0.1, 0.15) is 58.8 Å². The maximum absolute atomic E-state index is 13.2. The topological polar surface area (TPSA) is 125 Å². The summed E-state index contributed by atoms with van der Waals surface area (Å²) in [7, 11) is 3.43. The Morgan fingerprint density at radius 1 is 1.14 bits per heavy atom. The maximum atomic E-state index is 13.2. The van der Waals surface area contributed by atoms with Crippen LogP contribution in [0.25, 0.3) is 11.5 Å². The summed E-state index contributed by atoms with van der Waals surface area (Å²) >= 11 is 0. The lowest BCUT2D eigenvalue weighted by molar-refractivity contribution is -0.120. The van der Waals surface area contributed by atoms with Crippen molar-refractivity contribution in [2.45, 2.75) is 83.6 Å². The Morgan fingerprint density at radius 2 is 1.90 bits per heavy atom. The first-order chi connectivity index (χ1) is 20.3. The van der Waals surface area contributed by atoms with E-state index < -0.39 is 0 Å². The molecule has 12 nitrogen and oxygen atoms in total. The van der Waals surface area contributed by atoms with E-state index in [1.165, 1.54) is 12.8 Å². The number of rotatable bonds is 8. The average Bonchev–Trinajstić information content (AvgIpc) is 3.67. The molecule has 3 aromatic rings. The van der Waals surface area contributed by atoms with Crippen LogP contribution in [0.2, 0.25) is 0 Å². The number of carbonyl (C=O) groups excluding carboxylic acids is 1. The summed E-state index contributed by atoms with van der Waals surface area (Å²) in [6.07, 6.45) is 6.95. The first-order valence-corrected chi connectivity index (χ1v) is 15.0. The van der Waals surface area contributed by atoms with Crippen LogP contribution in [0, 0.1) is 0 Å². The van der Waals surface area contributed by atoms with Crippen molar-refractivity contribution in [1.82, 2.24) is 30.4 Å². The van der Waals surface area contributed by atoms with Crippen LogP contribution in [0.15, 0.2) is 28.8 Å². The van der Waals surface area contributed by atoms with E-state index in [1.807, 2.05) is 25.2 Å². The van der Waals surface area contributed by atoms with E-state index in [4.69, 9.17) is 14.1 Å². The number of benzene rings is 1. The van der Waals surface area contributed by atoms with Gasteiger partial charge >= 0.3 is 0 Å². The maximum Gasteiger partial charge on any atom is 0.249 e. The number of fused-ring (bicyclic) bond motifs is 1. The average molecular weight is 576 g/mol. The number of aromatic nitrogens is 4. The predicted octanol–water partition coefficient (Wildman–Crippen LogP) is 3.97. The highest BCUT2D eigenvalue weighted by Gasteiger charge is 2.41. The zero-order chi connectivity index (χ0) is 29.4. The Bertz CT molecular complexity index is 1410. The molecular weight excluding hydrogens is 534 g/mol. The van der Waals surface area contributed by atoms with Crippen LogP contribution in [0.5, 0.6) is 5.75 Å². The van der Waals surface area contributed by atoms with Gasteiger partial charge in [0.05, 0.1) is 25.5 Å². The van der Waals surface area contributed by atoms with E-state index in [0.717, 1.165) is 49.4 Å². The van der Waals surface area contributed by atoms with Crippen molar-refractivity contribution in [2.24, 2.45) is 0 Å². The van der Waals surface area contributed by atoms with Crippen LogP contribution >= 0.6 is 0 Å². The first kappa shape index (κ1) is 28.4. The molecule has 3 atom stereocenters. The third-order valence-corrected chi connectivity index (χ3v) is 8.57. The minimum Gasteiger partial charge on any atom is -0.495 e. The molecule has 0 unspecified atom stereocenters. The minimum absolute atomic E-state index is 0.0969. The van der Waals surface area contributed by atoms with Gasteiger partial charge < -0.3 is 29.6 Å². The molecule has 1 saturated heterocycles. The van der Waals surface area contributed by atoms with Gasteiger partial charge in [0.15, 0.2) is 5.82 Å². The Morgan fingerprint density at radius 3 is 2.62 bits per heavy atom. The number of methoxy groups -OCH3 is 1. The van der Waals surface area contributed by atoms with E-state index in [-0.39, 0.29) is 11.9 Å². The van der Waals surface area contributed by atoms with Crippen molar-refractivity contribution in [2.75, 3.05) is 42.4 Å². The second kappa shape index (κ2) is 11.8. The second-order valence-electron chi connectivity index (χ2n) is 11.8. The lowest BCUT2D eigenvalue weighted by atomic mass is 10.0. The largest absolute Gasteiger partial charge is 0.495 e. The molecule has 2 aliphatic heterocycles. The van der Waals surface area contributed by atoms with Gasteiger partial charge in [-0.2, -0.15) is 4.98 Å². The van der Waals surface area contributed by atoms with E-state index >= 15 is 0 Å². The molecule has 4 heterocycles. The number of hydrogen-bond acceptors (Lipinski definition) is 11. The molecule has 2 N–H and O–H groups in total. The summed E-state index contributed by atoms with van der Waals surface area (Å²) in [5, 5.41) is 15.5. The molecule has 0 radical (unpaired) electrons. The number of nitrogens with one attached hydrogen (secondary N) is 2. The number of piperazine rings is 1. The monoisotopic (exact) mass is 575 g/mol. The molecule has 6 rings (SSSR count). The Kier molecular flexibility index (Phi) is 8.00.